The molecule has 2 N–H and O–H groups in total. The van der Waals surface area contributed by atoms with Gasteiger partial charge in [-0.25, -0.2) is 8.78 Å². The van der Waals surface area contributed by atoms with Crippen molar-refractivity contribution >= 4 is 22.8 Å². The fourth-order valence-electron chi connectivity index (χ4n) is 7.71. The molecular weight excluding hydrogens is 560 g/mol. The van der Waals surface area contributed by atoms with E-state index in [1.54, 1.807) is 47.3 Å². The lowest BCUT2D eigenvalue weighted by Gasteiger charge is -2.71. The number of rotatable bonds is 8. The molecule has 0 atom stereocenters. The van der Waals surface area contributed by atoms with E-state index in [2.05, 4.69) is 10.4 Å². The molecule has 2 bridgehead atoms. The molecule has 1 heterocycles. The minimum atomic E-state index is -0.740. The molecule has 0 spiro atoms. The maximum Gasteiger partial charge on any atom is 0.309 e. The van der Waals surface area contributed by atoms with Crippen molar-refractivity contribution in [2.24, 2.45) is 10.8 Å². The van der Waals surface area contributed by atoms with E-state index in [1.165, 1.54) is 18.2 Å². The molecule has 1 amide bonds. The van der Waals surface area contributed by atoms with Gasteiger partial charge in [-0.05, 0) is 90.1 Å². The van der Waals surface area contributed by atoms with Crippen LogP contribution in [0.3, 0.4) is 0 Å². The van der Waals surface area contributed by atoms with E-state index in [9.17, 15) is 23.5 Å². The van der Waals surface area contributed by atoms with Crippen LogP contribution in [0.4, 0.5) is 8.78 Å². The Kier molecular flexibility index (Phi) is 5.67. The first-order valence-electron chi connectivity index (χ1n) is 14.9. The third kappa shape index (κ3) is 4.00. The lowest BCUT2D eigenvalue weighted by Crippen LogP contribution is -2.73. The summed E-state index contributed by atoms with van der Waals surface area (Å²) in [5.41, 5.74) is 3.71. The van der Waals surface area contributed by atoms with E-state index >= 15 is 0 Å². The number of carbonyl (C=O) groups excluding carboxylic acids is 1. The molecular formula is C36H29F2N3O3. The van der Waals surface area contributed by atoms with Crippen LogP contribution in [0.15, 0.2) is 91.1 Å². The van der Waals surface area contributed by atoms with Crippen molar-refractivity contribution in [2.45, 2.75) is 44.2 Å². The summed E-state index contributed by atoms with van der Waals surface area (Å²) in [5, 5.41) is 18.3. The van der Waals surface area contributed by atoms with Gasteiger partial charge in [-0.3, -0.25) is 14.3 Å². The van der Waals surface area contributed by atoms with E-state index in [4.69, 9.17) is 0 Å². The van der Waals surface area contributed by atoms with Crippen molar-refractivity contribution in [1.82, 2.24) is 15.1 Å². The molecule has 0 radical (unpaired) electrons. The maximum absolute atomic E-state index is 14.9. The summed E-state index contributed by atoms with van der Waals surface area (Å²) in [6.07, 6.45) is 5.16. The summed E-state index contributed by atoms with van der Waals surface area (Å²) >= 11 is 0. The summed E-state index contributed by atoms with van der Waals surface area (Å²) < 4.78 is 30.1. The summed E-state index contributed by atoms with van der Waals surface area (Å²) in [6.45, 7) is 0.405. The Hall–Kier alpha value is -4.85. The highest BCUT2D eigenvalue weighted by Crippen LogP contribution is 2.81. The summed E-state index contributed by atoms with van der Waals surface area (Å²) in [4.78, 5) is 25.9. The molecule has 0 unspecified atom stereocenters. The monoisotopic (exact) mass is 589 g/mol. The van der Waals surface area contributed by atoms with Crippen molar-refractivity contribution in [3.63, 3.8) is 0 Å². The highest BCUT2D eigenvalue weighted by atomic mass is 19.1. The third-order valence-electron chi connectivity index (χ3n) is 10.2. The highest BCUT2D eigenvalue weighted by Gasteiger charge is 2.81. The molecule has 0 saturated heterocycles. The van der Waals surface area contributed by atoms with Crippen LogP contribution in [0.5, 0.6) is 0 Å². The lowest BCUT2D eigenvalue weighted by molar-refractivity contribution is -0.236. The molecule has 6 nitrogen and oxygen atoms in total. The Balaban J connectivity index is 1.14. The number of nitrogens with one attached hydrogen (secondary N) is 1. The number of carbonyl (C=O) groups is 2. The number of halogens is 2. The average molecular weight is 590 g/mol. The fourth-order valence-corrected chi connectivity index (χ4v) is 7.71. The minimum absolute atomic E-state index is 0.157. The van der Waals surface area contributed by atoms with Gasteiger partial charge < -0.3 is 10.4 Å². The Labute approximate surface area is 252 Å². The zero-order chi connectivity index (χ0) is 30.3. The number of hydrogen-bond donors (Lipinski definition) is 2. The normalized spacial score (nSPS) is 22.6. The molecule has 44 heavy (non-hydrogen) atoms. The number of nitrogens with zero attached hydrogens (tertiary/aromatic N) is 2. The predicted octanol–water partition coefficient (Wildman–Crippen LogP) is 7.21. The summed E-state index contributed by atoms with van der Waals surface area (Å²) in [5.74, 6) is -1.66. The summed E-state index contributed by atoms with van der Waals surface area (Å²) in [7, 11) is 0. The van der Waals surface area contributed by atoms with Gasteiger partial charge in [0.15, 0.2) is 0 Å². The number of aliphatic carboxylic acids is 1. The number of hydrogen-bond acceptors (Lipinski definition) is 3. The molecule has 8 heteroatoms. The first-order valence-corrected chi connectivity index (χ1v) is 14.9. The number of benzene rings is 4. The molecule has 1 aromatic heterocycles. The SMILES string of the molecule is O=C(NC1(C23CC(C(=O)O)(C2)C3)CC1)c1cc(-c2ccccc2F)cc2cnn(Cc3ccc(-c4ccc(F)cc4)cc3)c12. The average Bonchev–Trinajstić information content (AvgIpc) is 3.62. The highest BCUT2D eigenvalue weighted by molar-refractivity contribution is 6.08. The van der Waals surface area contributed by atoms with Crippen LogP contribution in [0, 0.1) is 22.5 Å². The largest absolute Gasteiger partial charge is 0.481 e. The van der Waals surface area contributed by atoms with Gasteiger partial charge in [-0.2, -0.15) is 5.10 Å². The van der Waals surface area contributed by atoms with Crippen molar-refractivity contribution in [1.29, 1.82) is 0 Å². The van der Waals surface area contributed by atoms with Gasteiger partial charge in [0, 0.05) is 16.5 Å². The molecule has 5 aromatic rings. The first kappa shape index (κ1) is 26.8. The smallest absolute Gasteiger partial charge is 0.309 e. The number of carboxylic acid groups (broad SMARTS) is 1. The van der Waals surface area contributed by atoms with Crippen LogP contribution < -0.4 is 5.32 Å². The Morgan fingerprint density at radius 2 is 1.52 bits per heavy atom. The summed E-state index contributed by atoms with van der Waals surface area (Å²) in [6, 6.07) is 24.4. The Bertz CT molecular complexity index is 1960. The molecule has 4 aromatic carbocycles. The maximum atomic E-state index is 14.9. The number of aromatic nitrogens is 2. The van der Waals surface area contributed by atoms with Gasteiger partial charge in [0.05, 0.1) is 29.2 Å². The zero-order valence-electron chi connectivity index (χ0n) is 23.8. The van der Waals surface area contributed by atoms with Crippen molar-refractivity contribution in [3.05, 3.63) is 114 Å². The topological polar surface area (TPSA) is 84.2 Å². The third-order valence-corrected chi connectivity index (χ3v) is 10.2. The second-order valence-corrected chi connectivity index (χ2v) is 12.9. The van der Waals surface area contributed by atoms with Crippen molar-refractivity contribution in [3.8, 4) is 22.3 Å². The minimum Gasteiger partial charge on any atom is -0.481 e. The van der Waals surface area contributed by atoms with E-state index in [0.717, 1.165) is 34.9 Å². The van der Waals surface area contributed by atoms with Gasteiger partial charge >= 0.3 is 5.97 Å². The van der Waals surface area contributed by atoms with E-state index in [1.807, 2.05) is 30.3 Å². The van der Waals surface area contributed by atoms with Gasteiger partial charge in [0.1, 0.15) is 11.6 Å². The standard InChI is InChI=1S/C36H29F2N3O3/c37-27-11-9-24(10-12-27)23-7-5-22(6-8-23)18-41-31-26(17-39-41)15-25(28-3-1-2-4-30(28)38)16-29(31)32(42)40-36(13-14-36)35-19-34(20-35,21-35)33(43)44/h1-12,15-17H,13-14,18-21H2,(H,40,42)(H,43,44). The molecule has 4 aliphatic rings. The second-order valence-electron chi connectivity index (χ2n) is 12.9. The fraction of sp³-hybridized carbons (Fsp3) is 0.250. The number of amides is 1. The molecule has 4 aliphatic carbocycles. The van der Waals surface area contributed by atoms with Crippen molar-refractivity contribution in [2.75, 3.05) is 0 Å². The number of carboxylic acids is 1. The van der Waals surface area contributed by atoms with Crippen molar-refractivity contribution < 1.29 is 23.5 Å². The number of fused-ring (bicyclic) bond motifs is 1. The van der Waals surface area contributed by atoms with Crippen LogP contribution in [0.25, 0.3) is 33.2 Å². The molecule has 9 rings (SSSR count). The molecule has 0 aliphatic heterocycles. The van der Waals surface area contributed by atoms with Crippen LogP contribution in [-0.2, 0) is 11.3 Å². The van der Waals surface area contributed by atoms with E-state index in [-0.39, 0.29) is 23.0 Å². The Morgan fingerprint density at radius 3 is 2.16 bits per heavy atom. The van der Waals surface area contributed by atoms with Gasteiger partial charge in [-0.15, -0.1) is 0 Å². The quantitative estimate of drug-likeness (QED) is 0.200. The van der Waals surface area contributed by atoms with Gasteiger partial charge in [0.2, 0.25) is 0 Å². The zero-order valence-corrected chi connectivity index (χ0v) is 23.8. The molecule has 4 saturated carbocycles. The second kappa shape index (κ2) is 9.32. The Morgan fingerprint density at radius 1 is 0.864 bits per heavy atom. The van der Waals surface area contributed by atoms with E-state index < -0.39 is 16.9 Å². The van der Waals surface area contributed by atoms with Crippen LogP contribution in [0.1, 0.15) is 48.0 Å². The van der Waals surface area contributed by atoms with Gasteiger partial charge in [-0.1, -0.05) is 54.6 Å². The lowest BCUT2D eigenvalue weighted by atomic mass is 9.32. The van der Waals surface area contributed by atoms with Crippen LogP contribution in [-0.4, -0.2) is 32.3 Å². The molecule has 220 valence electrons. The first-order chi connectivity index (χ1) is 21.2. The van der Waals surface area contributed by atoms with E-state index in [0.29, 0.717) is 48.0 Å². The predicted molar refractivity (Wildman–Crippen MR) is 162 cm³/mol. The van der Waals surface area contributed by atoms with Gasteiger partial charge in [0.25, 0.3) is 5.91 Å². The van der Waals surface area contributed by atoms with Crippen LogP contribution >= 0.6 is 0 Å². The van der Waals surface area contributed by atoms with Crippen LogP contribution in [0.2, 0.25) is 0 Å². The molecule has 4 fully saturated rings.